The van der Waals surface area contributed by atoms with E-state index < -0.39 is 9.84 Å². The summed E-state index contributed by atoms with van der Waals surface area (Å²) in [6.45, 7) is 0. The van der Waals surface area contributed by atoms with E-state index >= 15 is 0 Å². The van der Waals surface area contributed by atoms with Crippen molar-refractivity contribution in [2.75, 3.05) is 5.75 Å². The highest BCUT2D eigenvalue weighted by atomic mass is 32.2. The molecule has 0 aromatic heterocycles. The van der Waals surface area contributed by atoms with Crippen LogP contribution in [0.5, 0.6) is 0 Å². The molecule has 1 atom stereocenters. The first kappa shape index (κ1) is 12.6. The molecule has 2 rings (SSSR count). The van der Waals surface area contributed by atoms with Crippen molar-refractivity contribution in [3.63, 3.8) is 0 Å². The molecule has 0 bridgehead atoms. The molecule has 1 saturated carbocycles. The fraction of sp³-hybridized carbons (Fsp3) is 0.750. The second-order valence-corrected chi connectivity index (χ2v) is 6.95. The Morgan fingerprint density at radius 3 is 2.59 bits per heavy atom. The summed E-state index contributed by atoms with van der Waals surface area (Å²) >= 11 is 0. The Morgan fingerprint density at radius 2 is 2.00 bits per heavy atom. The van der Waals surface area contributed by atoms with E-state index in [-0.39, 0.29) is 17.7 Å². The lowest BCUT2D eigenvalue weighted by Gasteiger charge is -2.12. The molecule has 1 aliphatic carbocycles. The number of carbonyl (C=O) groups excluding carboxylic acids is 1. The molecule has 1 fully saturated rings. The third-order valence-electron chi connectivity index (χ3n) is 3.53. The van der Waals surface area contributed by atoms with Gasteiger partial charge in [0.15, 0.2) is 9.84 Å². The van der Waals surface area contributed by atoms with Crippen molar-refractivity contribution in [2.24, 2.45) is 5.92 Å². The highest BCUT2D eigenvalue weighted by Gasteiger charge is 2.23. The number of nitrogens with one attached hydrogen (secondary N) is 1. The predicted octanol–water partition coefficient (Wildman–Crippen LogP) is 1.38. The van der Waals surface area contributed by atoms with Crippen LogP contribution in [0, 0.1) is 5.92 Å². The van der Waals surface area contributed by atoms with Gasteiger partial charge in [-0.3, -0.25) is 4.79 Å². The van der Waals surface area contributed by atoms with E-state index in [4.69, 9.17) is 0 Å². The molecular formula is C12H19NO3S. The summed E-state index contributed by atoms with van der Waals surface area (Å²) in [4.78, 5) is 11.6. The quantitative estimate of drug-likeness (QED) is 0.827. The normalized spacial score (nSPS) is 27.4. The fourth-order valence-electron chi connectivity index (χ4n) is 2.58. The fourth-order valence-corrected chi connectivity index (χ4v) is 3.81. The van der Waals surface area contributed by atoms with E-state index in [1.54, 1.807) is 6.08 Å². The molecule has 17 heavy (non-hydrogen) atoms. The Morgan fingerprint density at radius 1 is 1.29 bits per heavy atom. The van der Waals surface area contributed by atoms with Gasteiger partial charge in [0.05, 0.1) is 11.8 Å². The second-order valence-electron chi connectivity index (χ2n) is 5.02. The summed E-state index contributed by atoms with van der Waals surface area (Å²) in [5.74, 6) is 0.689. The smallest absolute Gasteiger partial charge is 0.220 e. The highest BCUT2D eigenvalue weighted by molar-refractivity contribution is 7.94. The molecule has 0 saturated heterocycles. The minimum Gasteiger partial charge on any atom is -0.349 e. The van der Waals surface area contributed by atoms with E-state index in [0.717, 1.165) is 6.42 Å². The molecule has 5 heteroatoms. The maximum absolute atomic E-state index is 11.6. The summed E-state index contributed by atoms with van der Waals surface area (Å²) in [6, 6.07) is -0.323. The first-order valence-corrected chi connectivity index (χ1v) is 7.97. The largest absolute Gasteiger partial charge is 0.349 e. The van der Waals surface area contributed by atoms with Crippen LogP contribution in [0.15, 0.2) is 11.5 Å². The van der Waals surface area contributed by atoms with E-state index in [2.05, 4.69) is 5.32 Å². The minimum atomic E-state index is -3.07. The zero-order chi connectivity index (χ0) is 12.3. The van der Waals surface area contributed by atoms with Gasteiger partial charge < -0.3 is 5.32 Å². The number of rotatable bonds is 4. The van der Waals surface area contributed by atoms with E-state index in [0.29, 0.717) is 12.3 Å². The Labute approximate surface area is 102 Å². The third kappa shape index (κ3) is 3.84. The van der Waals surface area contributed by atoms with Gasteiger partial charge >= 0.3 is 0 Å². The van der Waals surface area contributed by atoms with Crippen molar-refractivity contribution < 1.29 is 13.2 Å². The van der Waals surface area contributed by atoms with Gasteiger partial charge in [0.1, 0.15) is 0 Å². The Balaban J connectivity index is 1.69. The number of sulfone groups is 1. The first-order valence-electron chi connectivity index (χ1n) is 6.25. The van der Waals surface area contributed by atoms with Gasteiger partial charge in [0.25, 0.3) is 0 Å². The molecule has 0 aromatic carbocycles. The Hall–Kier alpha value is -0.840. The summed E-state index contributed by atoms with van der Waals surface area (Å²) in [5.41, 5.74) is 0. The third-order valence-corrected chi connectivity index (χ3v) is 4.93. The molecule has 0 aromatic rings. The SMILES string of the molecule is O=C(CCC1CCCC1)NC1C=CS(=O)(=O)C1. The lowest BCUT2D eigenvalue weighted by molar-refractivity contribution is -0.121. The number of carbonyl (C=O) groups is 1. The molecular weight excluding hydrogens is 238 g/mol. The molecule has 2 aliphatic rings. The predicted molar refractivity (Wildman–Crippen MR) is 66.0 cm³/mol. The van der Waals surface area contributed by atoms with E-state index in [1.165, 1.54) is 31.1 Å². The van der Waals surface area contributed by atoms with Crippen molar-refractivity contribution in [3.05, 3.63) is 11.5 Å². The number of hydrogen-bond acceptors (Lipinski definition) is 3. The van der Waals surface area contributed by atoms with E-state index in [1.807, 2.05) is 0 Å². The first-order chi connectivity index (χ1) is 8.05. The molecule has 0 radical (unpaired) electrons. The Bertz CT molecular complexity index is 407. The van der Waals surface area contributed by atoms with Crippen molar-refractivity contribution in [3.8, 4) is 0 Å². The monoisotopic (exact) mass is 257 g/mol. The maximum Gasteiger partial charge on any atom is 0.220 e. The van der Waals surface area contributed by atoms with Crippen LogP contribution in [0.2, 0.25) is 0 Å². The van der Waals surface area contributed by atoms with Crippen molar-refractivity contribution in [1.82, 2.24) is 5.32 Å². The van der Waals surface area contributed by atoms with Crippen LogP contribution in [0.4, 0.5) is 0 Å². The van der Waals surface area contributed by atoms with Gasteiger partial charge in [-0.15, -0.1) is 0 Å². The molecule has 96 valence electrons. The zero-order valence-corrected chi connectivity index (χ0v) is 10.7. The molecule has 1 unspecified atom stereocenters. The number of hydrogen-bond donors (Lipinski definition) is 1. The molecule has 1 aliphatic heterocycles. The lowest BCUT2D eigenvalue weighted by atomic mass is 10.0. The van der Waals surface area contributed by atoms with Gasteiger partial charge in [-0.2, -0.15) is 0 Å². The summed E-state index contributed by atoms with van der Waals surface area (Å²) in [6.07, 6.45) is 8.08. The van der Waals surface area contributed by atoms with Gasteiger partial charge in [-0.25, -0.2) is 8.42 Å². The van der Waals surface area contributed by atoms with Crippen LogP contribution >= 0.6 is 0 Å². The van der Waals surface area contributed by atoms with Crippen LogP contribution < -0.4 is 5.32 Å². The Kier molecular flexibility index (Phi) is 3.86. The molecule has 0 spiro atoms. The van der Waals surface area contributed by atoms with Gasteiger partial charge in [-0.1, -0.05) is 25.7 Å². The number of amides is 1. The minimum absolute atomic E-state index is 0.0160. The van der Waals surface area contributed by atoms with Crippen molar-refractivity contribution in [1.29, 1.82) is 0 Å². The van der Waals surface area contributed by atoms with Crippen LogP contribution in [-0.2, 0) is 14.6 Å². The highest BCUT2D eigenvalue weighted by Crippen LogP contribution is 2.28. The lowest BCUT2D eigenvalue weighted by Crippen LogP contribution is -2.35. The van der Waals surface area contributed by atoms with Gasteiger partial charge in [0.2, 0.25) is 5.91 Å². The maximum atomic E-state index is 11.6. The molecule has 4 nitrogen and oxygen atoms in total. The second kappa shape index (κ2) is 5.21. The van der Waals surface area contributed by atoms with Crippen molar-refractivity contribution >= 4 is 15.7 Å². The van der Waals surface area contributed by atoms with Gasteiger partial charge in [-0.05, 0) is 18.4 Å². The van der Waals surface area contributed by atoms with Crippen molar-refractivity contribution in [2.45, 2.75) is 44.6 Å². The summed E-state index contributed by atoms with van der Waals surface area (Å²) in [7, 11) is -3.07. The average Bonchev–Trinajstić information content (AvgIpc) is 2.85. The molecule has 1 heterocycles. The van der Waals surface area contributed by atoms with E-state index in [9.17, 15) is 13.2 Å². The molecule has 1 N–H and O–H groups in total. The van der Waals surface area contributed by atoms with Crippen LogP contribution in [-0.4, -0.2) is 26.1 Å². The average molecular weight is 257 g/mol. The van der Waals surface area contributed by atoms with Gasteiger partial charge in [0, 0.05) is 11.8 Å². The standard InChI is InChI=1S/C12H19NO3S/c14-12(6-5-10-3-1-2-4-10)13-11-7-8-17(15,16)9-11/h7-8,10-11H,1-6,9H2,(H,13,14). The van der Waals surface area contributed by atoms with Crippen LogP contribution in [0.3, 0.4) is 0 Å². The zero-order valence-electron chi connectivity index (χ0n) is 9.89. The summed E-state index contributed by atoms with van der Waals surface area (Å²) < 4.78 is 22.3. The van der Waals surface area contributed by atoms with Crippen LogP contribution in [0.1, 0.15) is 38.5 Å². The summed E-state index contributed by atoms with van der Waals surface area (Å²) in [5, 5.41) is 3.94. The topological polar surface area (TPSA) is 63.2 Å². The molecule has 1 amide bonds. The van der Waals surface area contributed by atoms with Crippen LogP contribution in [0.25, 0.3) is 0 Å².